The van der Waals surface area contributed by atoms with Crippen molar-refractivity contribution in [2.24, 2.45) is 0 Å². The molecule has 0 aliphatic rings. The van der Waals surface area contributed by atoms with Gasteiger partial charge in [0.05, 0.1) is 9.86 Å². The average molecular weight is 290 g/mol. The minimum atomic E-state index is 0.185. The molecule has 0 saturated heterocycles. The molecule has 1 N–H and O–H groups in total. The molecular formula is C13H8BrNO2. The van der Waals surface area contributed by atoms with Crippen LogP contribution in [0.1, 0.15) is 0 Å². The maximum Gasteiger partial charge on any atom is 0.181 e. The Labute approximate surface area is 106 Å². The van der Waals surface area contributed by atoms with Gasteiger partial charge in [-0.15, -0.1) is 0 Å². The Morgan fingerprint density at radius 1 is 1.12 bits per heavy atom. The number of phenols is 1. The van der Waals surface area contributed by atoms with Gasteiger partial charge < -0.3 is 9.63 Å². The summed E-state index contributed by atoms with van der Waals surface area (Å²) in [5.41, 5.74) is 2.34. The molecule has 1 heterocycles. The van der Waals surface area contributed by atoms with E-state index >= 15 is 0 Å². The predicted octanol–water partition coefficient (Wildman–Crippen LogP) is 3.96. The molecule has 0 amide bonds. The summed E-state index contributed by atoms with van der Waals surface area (Å²) in [6.07, 6.45) is 0. The van der Waals surface area contributed by atoms with Crippen LogP contribution in [-0.4, -0.2) is 10.3 Å². The van der Waals surface area contributed by atoms with Crippen molar-refractivity contribution in [2.45, 2.75) is 0 Å². The fraction of sp³-hybridized carbons (Fsp3) is 0. The van der Waals surface area contributed by atoms with E-state index in [4.69, 9.17) is 4.52 Å². The zero-order valence-corrected chi connectivity index (χ0v) is 10.3. The van der Waals surface area contributed by atoms with Gasteiger partial charge in [0.15, 0.2) is 5.58 Å². The third-order valence-electron chi connectivity index (χ3n) is 2.56. The third kappa shape index (κ3) is 1.70. The van der Waals surface area contributed by atoms with Crippen molar-refractivity contribution in [2.75, 3.05) is 0 Å². The summed E-state index contributed by atoms with van der Waals surface area (Å²) in [7, 11) is 0. The molecule has 1 aromatic heterocycles. The summed E-state index contributed by atoms with van der Waals surface area (Å²) < 4.78 is 5.98. The SMILES string of the molecule is Oc1cc(Br)c2onc(-c3ccccc3)c2c1. The van der Waals surface area contributed by atoms with Crippen molar-refractivity contribution < 1.29 is 9.63 Å². The van der Waals surface area contributed by atoms with Crippen molar-refractivity contribution in [3.8, 4) is 17.0 Å². The highest BCUT2D eigenvalue weighted by Gasteiger charge is 2.13. The monoisotopic (exact) mass is 289 g/mol. The summed E-state index contributed by atoms with van der Waals surface area (Å²) in [6, 6.07) is 13.0. The lowest BCUT2D eigenvalue weighted by Gasteiger charge is -1.97. The zero-order chi connectivity index (χ0) is 11.8. The second kappa shape index (κ2) is 3.89. The number of fused-ring (bicyclic) bond motifs is 1. The number of rotatable bonds is 1. The van der Waals surface area contributed by atoms with Crippen LogP contribution in [0.2, 0.25) is 0 Å². The maximum absolute atomic E-state index is 9.60. The quantitative estimate of drug-likeness (QED) is 0.737. The Balaban J connectivity index is 2.32. The summed E-state index contributed by atoms with van der Waals surface area (Å²) in [5, 5.41) is 14.4. The van der Waals surface area contributed by atoms with Crippen LogP contribution in [0.5, 0.6) is 5.75 Å². The van der Waals surface area contributed by atoms with Gasteiger partial charge in [-0.25, -0.2) is 0 Å². The molecule has 0 aliphatic heterocycles. The lowest BCUT2D eigenvalue weighted by Crippen LogP contribution is -1.77. The largest absolute Gasteiger partial charge is 0.508 e. The molecule has 3 rings (SSSR count). The van der Waals surface area contributed by atoms with E-state index in [2.05, 4.69) is 21.1 Å². The highest BCUT2D eigenvalue weighted by Crippen LogP contribution is 2.35. The lowest BCUT2D eigenvalue weighted by atomic mass is 10.1. The molecule has 0 radical (unpaired) electrons. The van der Waals surface area contributed by atoms with Crippen LogP contribution in [0.25, 0.3) is 22.2 Å². The van der Waals surface area contributed by atoms with Gasteiger partial charge in [0, 0.05) is 5.56 Å². The Morgan fingerprint density at radius 2 is 1.88 bits per heavy atom. The minimum Gasteiger partial charge on any atom is -0.508 e. The standard InChI is InChI=1S/C13H8BrNO2/c14-11-7-9(16)6-10-12(15-17-13(10)11)8-4-2-1-3-5-8/h1-7,16H. The number of halogens is 1. The fourth-order valence-electron chi connectivity index (χ4n) is 1.79. The summed E-state index contributed by atoms with van der Waals surface area (Å²) in [4.78, 5) is 0. The molecule has 0 aliphatic carbocycles. The van der Waals surface area contributed by atoms with E-state index in [-0.39, 0.29) is 5.75 Å². The Morgan fingerprint density at radius 3 is 2.65 bits per heavy atom. The molecule has 0 saturated carbocycles. The Bertz CT molecular complexity index is 676. The van der Waals surface area contributed by atoms with Gasteiger partial charge in [-0.3, -0.25) is 0 Å². The number of benzene rings is 2. The number of hydrogen-bond donors (Lipinski definition) is 1. The van der Waals surface area contributed by atoms with Crippen molar-refractivity contribution in [3.05, 3.63) is 46.9 Å². The second-order valence-corrected chi connectivity index (χ2v) is 4.56. The van der Waals surface area contributed by atoms with Crippen molar-refractivity contribution in [1.29, 1.82) is 0 Å². The van der Waals surface area contributed by atoms with Gasteiger partial charge in [-0.2, -0.15) is 0 Å². The number of nitrogens with zero attached hydrogens (tertiary/aromatic N) is 1. The summed E-state index contributed by atoms with van der Waals surface area (Å²) in [5.74, 6) is 0.185. The first-order valence-electron chi connectivity index (χ1n) is 5.09. The first-order chi connectivity index (χ1) is 8.25. The van der Waals surface area contributed by atoms with Gasteiger partial charge in [-0.1, -0.05) is 35.5 Å². The second-order valence-electron chi connectivity index (χ2n) is 3.70. The lowest BCUT2D eigenvalue weighted by molar-refractivity contribution is 0.456. The van der Waals surface area contributed by atoms with Crippen LogP contribution in [-0.2, 0) is 0 Å². The molecule has 3 nitrogen and oxygen atoms in total. The highest BCUT2D eigenvalue weighted by atomic mass is 79.9. The van der Waals surface area contributed by atoms with E-state index in [0.717, 1.165) is 16.6 Å². The number of phenolic OH excluding ortho intramolecular Hbond substituents is 1. The van der Waals surface area contributed by atoms with E-state index in [0.29, 0.717) is 10.1 Å². The molecule has 3 aromatic rings. The molecule has 0 fully saturated rings. The Kier molecular flexibility index (Phi) is 2.37. The van der Waals surface area contributed by atoms with Gasteiger partial charge in [0.1, 0.15) is 11.4 Å². The van der Waals surface area contributed by atoms with E-state index in [1.807, 2.05) is 30.3 Å². The summed E-state index contributed by atoms with van der Waals surface area (Å²) in [6.45, 7) is 0. The van der Waals surface area contributed by atoms with Crippen molar-refractivity contribution in [1.82, 2.24) is 5.16 Å². The van der Waals surface area contributed by atoms with Crippen LogP contribution < -0.4 is 0 Å². The smallest absolute Gasteiger partial charge is 0.181 e. The van der Waals surface area contributed by atoms with Crippen LogP contribution in [0.3, 0.4) is 0 Å². The Hall–Kier alpha value is -1.81. The van der Waals surface area contributed by atoms with Crippen molar-refractivity contribution in [3.63, 3.8) is 0 Å². The molecule has 4 heteroatoms. The number of hydrogen-bond acceptors (Lipinski definition) is 3. The molecule has 84 valence electrons. The van der Waals surface area contributed by atoms with Gasteiger partial charge in [0.2, 0.25) is 0 Å². The molecule has 0 unspecified atom stereocenters. The van der Waals surface area contributed by atoms with Gasteiger partial charge in [0.25, 0.3) is 0 Å². The van der Waals surface area contributed by atoms with Gasteiger partial charge >= 0.3 is 0 Å². The zero-order valence-electron chi connectivity index (χ0n) is 8.72. The third-order valence-corrected chi connectivity index (χ3v) is 3.15. The first kappa shape index (κ1) is 10.4. The van der Waals surface area contributed by atoms with Gasteiger partial charge in [-0.05, 0) is 28.1 Å². The highest BCUT2D eigenvalue weighted by molar-refractivity contribution is 9.10. The predicted molar refractivity (Wildman–Crippen MR) is 68.8 cm³/mol. The van der Waals surface area contributed by atoms with Crippen LogP contribution >= 0.6 is 15.9 Å². The van der Waals surface area contributed by atoms with E-state index in [9.17, 15) is 5.11 Å². The molecule has 17 heavy (non-hydrogen) atoms. The number of aromatic nitrogens is 1. The van der Waals surface area contributed by atoms with E-state index < -0.39 is 0 Å². The van der Waals surface area contributed by atoms with Crippen LogP contribution in [0.15, 0.2) is 51.5 Å². The fourth-order valence-corrected chi connectivity index (χ4v) is 2.31. The topological polar surface area (TPSA) is 46.3 Å². The minimum absolute atomic E-state index is 0.185. The molecule has 0 bridgehead atoms. The van der Waals surface area contributed by atoms with Crippen LogP contribution in [0.4, 0.5) is 0 Å². The normalized spacial score (nSPS) is 10.9. The molecule has 2 aromatic carbocycles. The molecular weight excluding hydrogens is 282 g/mol. The average Bonchev–Trinajstić information content (AvgIpc) is 2.74. The van der Waals surface area contributed by atoms with E-state index in [1.54, 1.807) is 12.1 Å². The first-order valence-corrected chi connectivity index (χ1v) is 5.88. The summed E-state index contributed by atoms with van der Waals surface area (Å²) >= 11 is 3.34. The van der Waals surface area contributed by atoms with Crippen LogP contribution in [0, 0.1) is 0 Å². The molecule has 0 spiro atoms. The maximum atomic E-state index is 9.60. The van der Waals surface area contributed by atoms with Crippen molar-refractivity contribution >= 4 is 26.9 Å². The van der Waals surface area contributed by atoms with E-state index in [1.165, 1.54) is 0 Å². The number of aromatic hydroxyl groups is 1. The molecule has 0 atom stereocenters.